The molecule has 3 aliphatic heterocycles. The second kappa shape index (κ2) is 8.69. The van der Waals surface area contributed by atoms with Crippen molar-refractivity contribution in [3.05, 3.63) is 35.9 Å². The minimum absolute atomic E-state index is 0.174. The molecular formula is C27H39N3O. The number of rotatable bonds is 7. The fourth-order valence-corrected chi connectivity index (χ4v) is 7.23. The Balaban J connectivity index is 1.41. The summed E-state index contributed by atoms with van der Waals surface area (Å²) in [6.07, 6.45) is 11.1. The minimum Gasteiger partial charge on any atom is -0.350 e. The summed E-state index contributed by atoms with van der Waals surface area (Å²) in [5.41, 5.74) is 0.608. The van der Waals surface area contributed by atoms with Crippen molar-refractivity contribution in [2.75, 3.05) is 13.1 Å². The van der Waals surface area contributed by atoms with Crippen LogP contribution in [0.25, 0.3) is 0 Å². The third-order valence-electron chi connectivity index (χ3n) is 8.51. The number of amides is 1. The van der Waals surface area contributed by atoms with Gasteiger partial charge in [-0.15, -0.1) is 0 Å². The van der Waals surface area contributed by atoms with E-state index < -0.39 is 5.54 Å². The van der Waals surface area contributed by atoms with Gasteiger partial charge in [0.2, 0.25) is 5.91 Å². The largest absolute Gasteiger partial charge is 0.350 e. The minimum atomic E-state index is -0.554. The van der Waals surface area contributed by atoms with Crippen LogP contribution in [0, 0.1) is 29.6 Å². The number of carbonyl (C=O) groups excluding carboxylic acids is 1. The van der Waals surface area contributed by atoms with Gasteiger partial charge >= 0.3 is 0 Å². The van der Waals surface area contributed by atoms with E-state index in [1.165, 1.54) is 38.5 Å². The summed E-state index contributed by atoms with van der Waals surface area (Å²) in [5.74, 6) is 3.11. The van der Waals surface area contributed by atoms with Crippen molar-refractivity contribution >= 4 is 12.1 Å². The highest BCUT2D eigenvalue weighted by Crippen LogP contribution is 2.55. The van der Waals surface area contributed by atoms with Crippen molar-refractivity contribution in [3.8, 4) is 0 Å². The van der Waals surface area contributed by atoms with E-state index in [2.05, 4.69) is 42.4 Å². The molecule has 5 aliphatic rings. The number of hydrogen-bond donors (Lipinski definition) is 1. The smallest absolute Gasteiger partial charge is 0.248 e. The molecule has 1 N–H and O–H groups in total. The maximum Gasteiger partial charge on any atom is 0.248 e. The molecule has 0 radical (unpaired) electrons. The molecule has 0 aromatic heterocycles. The van der Waals surface area contributed by atoms with E-state index in [0.717, 1.165) is 31.0 Å². The fraction of sp³-hybridized carbons (Fsp3) is 0.704. The number of hydrogen-bond acceptors (Lipinski definition) is 3. The number of likely N-dealkylation sites (tertiary alicyclic amines) is 1. The van der Waals surface area contributed by atoms with E-state index in [9.17, 15) is 4.79 Å². The summed E-state index contributed by atoms with van der Waals surface area (Å²) >= 11 is 0. The molecule has 4 nitrogen and oxygen atoms in total. The van der Waals surface area contributed by atoms with E-state index in [1.807, 2.05) is 18.2 Å². The number of nitrogens with zero attached hydrogens (tertiary/aromatic N) is 2. The fourth-order valence-electron chi connectivity index (χ4n) is 7.23. The van der Waals surface area contributed by atoms with Crippen molar-refractivity contribution in [3.63, 3.8) is 0 Å². The van der Waals surface area contributed by atoms with Crippen molar-refractivity contribution in [1.82, 2.24) is 10.2 Å². The second-order valence-corrected chi connectivity index (χ2v) is 11.1. The van der Waals surface area contributed by atoms with Crippen LogP contribution in [0.5, 0.6) is 0 Å². The van der Waals surface area contributed by atoms with Crippen LogP contribution < -0.4 is 5.32 Å². The quantitative estimate of drug-likeness (QED) is 0.694. The zero-order chi connectivity index (χ0) is 21.4. The summed E-state index contributed by atoms with van der Waals surface area (Å²) in [4.78, 5) is 21.6. The molecular weight excluding hydrogens is 382 g/mol. The van der Waals surface area contributed by atoms with E-state index in [1.54, 1.807) is 0 Å². The van der Waals surface area contributed by atoms with Crippen molar-refractivity contribution in [2.24, 2.45) is 34.6 Å². The van der Waals surface area contributed by atoms with E-state index >= 15 is 0 Å². The third-order valence-corrected chi connectivity index (χ3v) is 8.51. The predicted octanol–water partition coefficient (Wildman–Crippen LogP) is 4.69. The highest BCUT2D eigenvalue weighted by atomic mass is 16.2. The molecule has 1 aromatic rings. The number of benzene rings is 1. The van der Waals surface area contributed by atoms with Crippen LogP contribution in [-0.2, 0) is 11.3 Å². The number of carbonyl (C=O) groups is 1. The summed E-state index contributed by atoms with van der Waals surface area (Å²) in [6.45, 7) is 7.55. The average Bonchev–Trinajstić information content (AvgIpc) is 3.08. The zero-order valence-electron chi connectivity index (χ0n) is 19.3. The Kier molecular flexibility index (Phi) is 5.94. The Hall–Kier alpha value is -1.68. The van der Waals surface area contributed by atoms with Crippen LogP contribution in [0.4, 0.5) is 0 Å². The molecule has 31 heavy (non-hydrogen) atoms. The van der Waals surface area contributed by atoms with Gasteiger partial charge in [0.1, 0.15) is 5.54 Å². The monoisotopic (exact) mass is 421 g/mol. The molecule has 3 heterocycles. The number of aliphatic imine (C=N–C) groups is 1. The summed E-state index contributed by atoms with van der Waals surface area (Å²) in [6, 6.07) is 10.8. The van der Waals surface area contributed by atoms with Crippen LogP contribution in [-0.4, -0.2) is 41.7 Å². The van der Waals surface area contributed by atoms with Crippen LogP contribution in [0.1, 0.15) is 64.4 Å². The molecule has 1 amide bonds. The lowest BCUT2D eigenvalue weighted by Crippen LogP contribution is -2.63. The summed E-state index contributed by atoms with van der Waals surface area (Å²) in [7, 11) is 0. The molecule has 2 aliphatic carbocycles. The standard InChI is InChI=1S/C27H39N3O/c1-19(2)17-30-18-22-14-27(26(31)28-15-21-11-7-4-8-12-21)24(25(30)23(22)16-29-27)13-20-9-5-3-6-10-20/h4,7-8,11-12,16,19-20,22-25H,3,5-6,9-10,13-15,17-18H2,1-2H3,(H,28,31)/t22-,23-,24+,25+,27+/m1/s1. The molecule has 4 heteroatoms. The van der Waals surface area contributed by atoms with E-state index in [4.69, 9.17) is 4.99 Å². The highest BCUT2D eigenvalue weighted by molar-refractivity contribution is 5.91. The van der Waals surface area contributed by atoms with Gasteiger partial charge in [-0.3, -0.25) is 14.7 Å². The van der Waals surface area contributed by atoms with Crippen LogP contribution in [0.3, 0.4) is 0 Å². The lowest BCUT2D eigenvalue weighted by molar-refractivity contribution is -0.132. The van der Waals surface area contributed by atoms with Gasteiger partial charge in [-0.25, -0.2) is 0 Å². The Morgan fingerprint density at radius 3 is 2.71 bits per heavy atom. The molecule has 1 aromatic carbocycles. The molecule has 0 unspecified atom stereocenters. The normalized spacial score (nSPS) is 35.1. The first kappa shape index (κ1) is 21.2. The van der Waals surface area contributed by atoms with Gasteiger partial charge in [0.15, 0.2) is 0 Å². The molecule has 0 spiro atoms. The van der Waals surface area contributed by atoms with Gasteiger partial charge in [0.25, 0.3) is 0 Å². The van der Waals surface area contributed by atoms with Crippen LogP contribution in [0.15, 0.2) is 35.3 Å². The van der Waals surface area contributed by atoms with E-state index in [0.29, 0.717) is 36.3 Å². The molecule has 5 atom stereocenters. The average molecular weight is 422 g/mol. The van der Waals surface area contributed by atoms with Crippen LogP contribution in [0.2, 0.25) is 0 Å². The summed E-state index contributed by atoms with van der Waals surface area (Å²) in [5, 5.41) is 3.31. The first-order valence-electron chi connectivity index (χ1n) is 12.7. The van der Waals surface area contributed by atoms with Gasteiger partial charge in [-0.1, -0.05) is 76.3 Å². The Morgan fingerprint density at radius 2 is 1.97 bits per heavy atom. The maximum absolute atomic E-state index is 13.8. The van der Waals surface area contributed by atoms with Gasteiger partial charge in [0.05, 0.1) is 0 Å². The molecule has 4 bridgehead atoms. The molecule has 3 fully saturated rings. The molecule has 2 saturated carbocycles. The first-order chi connectivity index (χ1) is 15.1. The Morgan fingerprint density at radius 1 is 1.19 bits per heavy atom. The molecule has 1 saturated heterocycles. The predicted molar refractivity (Wildman–Crippen MR) is 126 cm³/mol. The van der Waals surface area contributed by atoms with Gasteiger partial charge in [-0.2, -0.15) is 0 Å². The topological polar surface area (TPSA) is 44.7 Å². The first-order valence-corrected chi connectivity index (χ1v) is 12.7. The Bertz CT molecular complexity index is 800. The second-order valence-electron chi connectivity index (χ2n) is 11.1. The van der Waals surface area contributed by atoms with Crippen molar-refractivity contribution < 1.29 is 4.79 Å². The van der Waals surface area contributed by atoms with Crippen molar-refractivity contribution in [2.45, 2.75) is 76.9 Å². The van der Waals surface area contributed by atoms with Gasteiger partial charge in [-0.05, 0) is 36.2 Å². The lowest BCUT2D eigenvalue weighted by Gasteiger charge is -2.52. The third kappa shape index (κ3) is 3.97. The van der Waals surface area contributed by atoms with Crippen LogP contribution >= 0.6 is 0 Å². The van der Waals surface area contributed by atoms with Crippen molar-refractivity contribution in [1.29, 1.82) is 0 Å². The molecule has 168 valence electrons. The SMILES string of the molecule is CC(C)CN1C[C@H]2C[C@]3(C(=O)NCc4ccccc4)N=C[C@H]2[C@H]1[C@@H]3CC1CCCCC1. The van der Waals surface area contributed by atoms with Gasteiger partial charge < -0.3 is 5.32 Å². The summed E-state index contributed by atoms with van der Waals surface area (Å²) < 4.78 is 0. The lowest BCUT2D eigenvalue weighted by atomic mass is 9.58. The maximum atomic E-state index is 13.8. The molecule has 6 rings (SSSR count). The van der Waals surface area contributed by atoms with Gasteiger partial charge in [0, 0.05) is 43.7 Å². The Labute approximate surface area is 187 Å². The highest BCUT2D eigenvalue weighted by Gasteiger charge is 2.64. The van der Waals surface area contributed by atoms with E-state index in [-0.39, 0.29) is 5.91 Å². The zero-order valence-corrected chi connectivity index (χ0v) is 19.3. The number of nitrogens with one attached hydrogen (secondary N) is 1.